The molecule has 4 rings (SSSR count). The number of pyridine rings is 1. The van der Waals surface area contributed by atoms with E-state index in [1.54, 1.807) is 6.20 Å². The Bertz CT molecular complexity index is 1450. The van der Waals surface area contributed by atoms with Gasteiger partial charge in [0.15, 0.2) is 6.10 Å². The lowest BCUT2D eigenvalue weighted by Crippen LogP contribution is -2.35. The Balaban J connectivity index is 2.16. The highest BCUT2D eigenvalue weighted by molar-refractivity contribution is 7.92. The van der Waals surface area contributed by atoms with Crippen molar-refractivity contribution >= 4 is 27.3 Å². The summed E-state index contributed by atoms with van der Waals surface area (Å²) in [6.45, 7) is 15.8. The third-order valence-corrected chi connectivity index (χ3v) is 8.68. The molecule has 1 aromatic heterocycles. The summed E-state index contributed by atoms with van der Waals surface area (Å²) in [4.78, 5) is 17.5. The first-order valence-corrected chi connectivity index (χ1v) is 15.0. The van der Waals surface area contributed by atoms with Crippen molar-refractivity contribution < 1.29 is 23.1 Å². The molecular formula is C30H40N2O5S. The van der Waals surface area contributed by atoms with Crippen LogP contribution in [-0.2, 0) is 26.1 Å². The Morgan fingerprint density at radius 2 is 1.82 bits per heavy atom. The summed E-state index contributed by atoms with van der Waals surface area (Å²) in [7, 11) is -3.68. The molecule has 0 radical (unpaired) electrons. The van der Waals surface area contributed by atoms with Crippen molar-refractivity contribution in [3.63, 3.8) is 0 Å². The fourth-order valence-electron chi connectivity index (χ4n) is 5.73. The predicted octanol–water partition coefficient (Wildman–Crippen LogP) is 6.49. The van der Waals surface area contributed by atoms with Gasteiger partial charge in [-0.1, -0.05) is 26.0 Å². The van der Waals surface area contributed by atoms with E-state index in [2.05, 4.69) is 19.9 Å². The zero-order valence-electron chi connectivity index (χ0n) is 24.0. The number of fused-ring (bicyclic) bond motifs is 3. The number of aryl methyl sites for hydroxylation is 1. The molecule has 0 fully saturated rings. The van der Waals surface area contributed by atoms with Gasteiger partial charge in [0.25, 0.3) is 0 Å². The molecule has 8 heteroatoms. The minimum atomic E-state index is -3.68. The van der Waals surface area contributed by atoms with Crippen LogP contribution in [0.25, 0.3) is 16.8 Å². The smallest absolute Gasteiger partial charge is 0.337 e. The van der Waals surface area contributed by atoms with Gasteiger partial charge in [0.2, 0.25) is 10.0 Å². The van der Waals surface area contributed by atoms with Gasteiger partial charge in [-0.15, -0.1) is 0 Å². The molecule has 2 heterocycles. The lowest BCUT2D eigenvalue weighted by molar-refractivity contribution is -0.160. The molecule has 0 bridgehead atoms. The molecule has 1 N–H and O–H groups in total. The number of carboxylic acid groups (broad SMARTS) is 1. The van der Waals surface area contributed by atoms with Crippen LogP contribution in [0.3, 0.4) is 0 Å². The zero-order valence-corrected chi connectivity index (χ0v) is 24.8. The van der Waals surface area contributed by atoms with E-state index in [4.69, 9.17) is 9.72 Å². The van der Waals surface area contributed by atoms with Crippen LogP contribution in [0.15, 0.2) is 18.3 Å². The number of sulfonamides is 1. The molecule has 1 atom stereocenters. The number of hydrogen-bond acceptors (Lipinski definition) is 5. The van der Waals surface area contributed by atoms with Crippen molar-refractivity contribution in [2.75, 3.05) is 10.6 Å². The molecule has 38 heavy (non-hydrogen) atoms. The van der Waals surface area contributed by atoms with Crippen LogP contribution in [0, 0.1) is 26.2 Å². The van der Waals surface area contributed by atoms with Gasteiger partial charge in [0, 0.05) is 17.3 Å². The molecule has 1 aliphatic carbocycles. The molecule has 0 saturated carbocycles. The molecule has 2 aromatic rings. The van der Waals surface area contributed by atoms with Crippen LogP contribution in [0.4, 0.5) is 5.69 Å². The highest BCUT2D eigenvalue weighted by atomic mass is 32.2. The Hall–Kier alpha value is -2.71. The van der Waals surface area contributed by atoms with Gasteiger partial charge in [0.1, 0.15) is 0 Å². The van der Waals surface area contributed by atoms with E-state index in [0.717, 1.165) is 58.3 Å². The van der Waals surface area contributed by atoms with Gasteiger partial charge >= 0.3 is 5.97 Å². The van der Waals surface area contributed by atoms with Crippen LogP contribution in [0.5, 0.6) is 0 Å². The van der Waals surface area contributed by atoms with Crippen molar-refractivity contribution in [3.05, 3.63) is 51.7 Å². The standard InChI is InChI=1S/C30H40N2O5S/c1-17-14-21-16-32(38(9,35)36)26-19(3)23(27(28(33)34)37-29(4,5)6)22(18(2)24(26)25(21)31-15-17)20-10-12-30(7,8)13-11-20/h10,14-15,27H,11-13,16H2,1-9H3,(H,33,34)/t27-/m0/s1. The summed E-state index contributed by atoms with van der Waals surface area (Å²) < 4.78 is 33.9. The number of nitrogens with zero attached hydrogens (tertiary/aromatic N) is 2. The number of aromatic nitrogens is 1. The van der Waals surface area contributed by atoms with E-state index < -0.39 is 27.7 Å². The fraction of sp³-hybridized carbons (Fsp3) is 0.533. The normalized spacial score (nSPS) is 17.9. The molecule has 1 aliphatic heterocycles. The summed E-state index contributed by atoms with van der Waals surface area (Å²) in [5.41, 5.74) is 7.09. The van der Waals surface area contributed by atoms with Gasteiger partial charge in [-0.3, -0.25) is 9.29 Å². The zero-order chi connectivity index (χ0) is 28.4. The third kappa shape index (κ3) is 5.25. The number of carboxylic acids is 1. The first kappa shape index (κ1) is 28.3. The Morgan fingerprint density at radius 3 is 2.34 bits per heavy atom. The molecular weight excluding hydrogens is 500 g/mol. The monoisotopic (exact) mass is 540 g/mol. The minimum Gasteiger partial charge on any atom is -0.479 e. The van der Waals surface area contributed by atoms with Gasteiger partial charge < -0.3 is 9.84 Å². The number of benzene rings is 1. The van der Waals surface area contributed by atoms with E-state index in [-0.39, 0.29) is 12.0 Å². The number of allylic oxidation sites excluding steroid dienone is 2. The predicted molar refractivity (Wildman–Crippen MR) is 152 cm³/mol. The van der Waals surface area contributed by atoms with Crippen LogP contribution in [-0.4, -0.2) is 36.3 Å². The van der Waals surface area contributed by atoms with Crippen LogP contribution >= 0.6 is 0 Å². The maximum Gasteiger partial charge on any atom is 0.337 e. The van der Waals surface area contributed by atoms with Gasteiger partial charge in [-0.2, -0.15) is 0 Å². The minimum absolute atomic E-state index is 0.143. The summed E-state index contributed by atoms with van der Waals surface area (Å²) in [6, 6.07) is 1.98. The number of aliphatic carboxylic acids is 1. The van der Waals surface area contributed by atoms with E-state index in [1.807, 2.05) is 47.6 Å². The maximum atomic E-state index is 13.2. The topological polar surface area (TPSA) is 96.8 Å². The first-order chi connectivity index (χ1) is 17.4. The van der Waals surface area contributed by atoms with Gasteiger partial charge in [0.05, 0.1) is 29.8 Å². The van der Waals surface area contributed by atoms with Crippen molar-refractivity contribution in [1.29, 1.82) is 0 Å². The molecule has 7 nitrogen and oxygen atoms in total. The lowest BCUT2D eigenvalue weighted by Gasteiger charge is -2.38. The second-order valence-corrected chi connectivity index (χ2v) is 14.5. The number of ether oxygens (including phenoxy) is 1. The lowest BCUT2D eigenvalue weighted by atomic mass is 9.73. The van der Waals surface area contributed by atoms with Gasteiger partial charge in [-0.05, 0) is 99.6 Å². The SMILES string of the molecule is Cc1cnc2c(c1)CN(S(C)(=O)=O)c1c(C)c([C@H](OC(C)(C)C)C(=O)O)c(C3=CCC(C)(C)CC3)c(C)c1-2. The van der Waals surface area contributed by atoms with Crippen LogP contribution < -0.4 is 4.31 Å². The van der Waals surface area contributed by atoms with E-state index in [0.29, 0.717) is 16.8 Å². The van der Waals surface area contributed by atoms with Crippen molar-refractivity contribution in [1.82, 2.24) is 4.98 Å². The van der Waals surface area contributed by atoms with Crippen LogP contribution in [0.1, 0.15) is 93.4 Å². The van der Waals surface area contributed by atoms with E-state index in [9.17, 15) is 18.3 Å². The average Bonchev–Trinajstić information content (AvgIpc) is 2.77. The Kier molecular flexibility index (Phi) is 7.07. The molecule has 0 saturated heterocycles. The highest BCUT2D eigenvalue weighted by Gasteiger charge is 2.39. The number of rotatable bonds is 5. The summed E-state index contributed by atoms with van der Waals surface area (Å²) >= 11 is 0. The first-order valence-electron chi connectivity index (χ1n) is 13.1. The number of hydrogen-bond donors (Lipinski definition) is 1. The van der Waals surface area contributed by atoms with E-state index >= 15 is 0 Å². The average molecular weight is 541 g/mol. The quantitative estimate of drug-likeness (QED) is 0.466. The van der Waals surface area contributed by atoms with Gasteiger partial charge in [-0.25, -0.2) is 13.2 Å². The third-order valence-electron chi connectivity index (χ3n) is 7.57. The van der Waals surface area contributed by atoms with Crippen molar-refractivity contribution in [2.24, 2.45) is 5.41 Å². The molecule has 0 amide bonds. The summed E-state index contributed by atoms with van der Waals surface area (Å²) in [6.07, 6.45) is 6.58. The number of anilines is 1. The molecule has 0 spiro atoms. The largest absolute Gasteiger partial charge is 0.479 e. The number of carbonyl (C=O) groups is 1. The van der Waals surface area contributed by atoms with Crippen molar-refractivity contribution in [3.8, 4) is 11.3 Å². The Labute approximate surface area is 227 Å². The second-order valence-electron chi connectivity index (χ2n) is 12.6. The second kappa shape index (κ2) is 9.49. The highest BCUT2D eigenvalue weighted by Crippen LogP contribution is 2.51. The molecule has 1 aromatic carbocycles. The fourth-order valence-corrected chi connectivity index (χ4v) is 6.67. The molecule has 2 aliphatic rings. The Morgan fingerprint density at radius 1 is 1.16 bits per heavy atom. The molecule has 0 unspecified atom stereocenters. The maximum absolute atomic E-state index is 13.2. The summed E-state index contributed by atoms with van der Waals surface area (Å²) in [5, 5.41) is 10.4. The van der Waals surface area contributed by atoms with Crippen molar-refractivity contribution in [2.45, 2.75) is 92.9 Å². The van der Waals surface area contributed by atoms with Crippen LogP contribution in [0.2, 0.25) is 0 Å². The molecule has 206 valence electrons. The summed E-state index contributed by atoms with van der Waals surface area (Å²) in [5.74, 6) is -1.10. The van der Waals surface area contributed by atoms with E-state index in [1.165, 1.54) is 10.6 Å².